The molecule has 1 saturated carbocycles. The third-order valence-corrected chi connectivity index (χ3v) is 8.31. The molecular weight excluding hydrogens is 474 g/mol. The summed E-state index contributed by atoms with van der Waals surface area (Å²) in [7, 11) is 0. The topological polar surface area (TPSA) is 77.0 Å². The second kappa shape index (κ2) is 12.1. The Labute approximate surface area is 226 Å². The predicted octanol–water partition coefficient (Wildman–Crippen LogP) is 6.11. The van der Waals surface area contributed by atoms with E-state index in [1.54, 1.807) is 0 Å². The number of hydrogen-bond donors (Lipinski definition) is 2. The van der Waals surface area contributed by atoms with Crippen molar-refractivity contribution in [2.75, 3.05) is 23.3 Å². The Morgan fingerprint density at radius 3 is 2.39 bits per heavy atom. The van der Waals surface area contributed by atoms with Crippen LogP contribution in [-0.4, -0.2) is 47.3 Å². The number of benzene rings is 2. The quantitative estimate of drug-likeness (QED) is 0.445. The third kappa shape index (κ3) is 5.93. The molecule has 2 heterocycles. The first-order valence-corrected chi connectivity index (χ1v) is 14.4. The molecular formula is C31H41N5O2. The summed E-state index contributed by atoms with van der Waals surface area (Å²) >= 11 is 0. The number of amides is 3. The van der Waals surface area contributed by atoms with Crippen LogP contribution in [0.3, 0.4) is 0 Å². The first-order chi connectivity index (χ1) is 18.6. The van der Waals surface area contributed by atoms with Gasteiger partial charge in [-0.2, -0.15) is 4.99 Å². The zero-order chi connectivity index (χ0) is 26.4. The van der Waals surface area contributed by atoms with Crippen molar-refractivity contribution in [1.82, 2.24) is 10.2 Å². The molecule has 0 aromatic heterocycles. The van der Waals surface area contributed by atoms with Gasteiger partial charge >= 0.3 is 6.03 Å². The van der Waals surface area contributed by atoms with Crippen molar-refractivity contribution in [3.8, 4) is 0 Å². The van der Waals surface area contributed by atoms with E-state index in [1.807, 2.05) is 29.2 Å². The first-order valence-electron chi connectivity index (χ1n) is 14.4. The number of anilines is 2. The van der Waals surface area contributed by atoms with E-state index in [9.17, 15) is 9.59 Å². The molecule has 38 heavy (non-hydrogen) atoms. The fourth-order valence-corrected chi connectivity index (χ4v) is 6.14. The van der Waals surface area contributed by atoms with E-state index in [0.29, 0.717) is 12.5 Å². The molecule has 2 fully saturated rings. The Balaban J connectivity index is 1.35. The summed E-state index contributed by atoms with van der Waals surface area (Å²) in [4.78, 5) is 34.7. The lowest BCUT2D eigenvalue weighted by Crippen LogP contribution is -2.62. The molecule has 0 atom stereocenters. The zero-order valence-corrected chi connectivity index (χ0v) is 22.6. The normalized spacial score (nSPS) is 20.0. The highest BCUT2D eigenvalue weighted by atomic mass is 16.2. The van der Waals surface area contributed by atoms with Crippen LogP contribution in [0.4, 0.5) is 16.2 Å². The van der Waals surface area contributed by atoms with Gasteiger partial charge in [0.15, 0.2) is 0 Å². The molecule has 0 unspecified atom stereocenters. The van der Waals surface area contributed by atoms with Crippen LogP contribution in [0.15, 0.2) is 59.6 Å². The minimum Gasteiger partial charge on any atom is -0.369 e. The van der Waals surface area contributed by atoms with E-state index in [0.717, 1.165) is 75.4 Å². The lowest BCUT2D eigenvalue weighted by molar-refractivity contribution is -0.116. The molecule has 5 rings (SSSR count). The second-order valence-corrected chi connectivity index (χ2v) is 11.0. The number of urea groups is 1. The van der Waals surface area contributed by atoms with Crippen LogP contribution >= 0.6 is 0 Å². The number of carbonyl (C=O) groups excluding carboxylic acids is 2. The average molecular weight is 516 g/mol. The number of piperidine rings is 1. The van der Waals surface area contributed by atoms with Gasteiger partial charge in [0.2, 0.25) is 5.91 Å². The summed E-state index contributed by atoms with van der Waals surface area (Å²) in [5.74, 6) is 0.882. The number of rotatable bonds is 8. The molecule has 3 amide bonds. The molecule has 0 radical (unpaired) electrons. The molecule has 2 aromatic carbocycles. The van der Waals surface area contributed by atoms with Crippen molar-refractivity contribution >= 4 is 29.1 Å². The Kier molecular flexibility index (Phi) is 8.42. The summed E-state index contributed by atoms with van der Waals surface area (Å²) in [6.45, 7) is 4.79. The predicted molar refractivity (Wildman–Crippen MR) is 154 cm³/mol. The lowest BCUT2D eigenvalue weighted by Gasteiger charge is -2.45. The number of unbranched alkanes of at least 4 members (excludes halogenated alkanes) is 1. The van der Waals surface area contributed by atoms with Crippen LogP contribution in [0.25, 0.3) is 0 Å². The minimum absolute atomic E-state index is 0.0291. The SMILES string of the molecule is CCCCC(=O)Nc1ccc(N2C(=O)N=C(NC3CCCCC3)C23CCN(Cc2ccccc2)CC3)cc1. The Morgan fingerprint density at radius 1 is 1.00 bits per heavy atom. The van der Waals surface area contributed by atoms with Gasteiger partial charge in [-0.1, -0.05) is 62.9 Å². The molecule has 7 nitrogen and oxygen atoms in total. The van der Waals surface area contributed by atoms with E-state index in [4.69, 9.17) is 0 Å². The molecule has 202 valence electrons. The fourth-order valence-electron chi connectivity index (χ4n) is 6.14. The number of hydrogen-bond acceptors (Lipinski definition) is 4. The molecule has 2 aromatic rings. The molecule has 1 saturated heterocycles. The molecule has 3 aliphatic rings. The molecule has 2 N–H and O–H groups in total. The van der Waals surface area contributed by atoms with E-state index < -0.39 is 5.54 Å². The summed E-state index contributed by atoms with van der Waals surface area (Å²) in [5.41, 5.74) is 2.44. The molecule has 1 aliphatic carbocycles. The Bertz CT molecular complexity index is 1120. The Morgan fingerprint density at radius 2 is 1.71 bits per heavy atom. The molecule has 0 bridgehead atoms. The number of nitrogens with one attached hydrogen (secondary N) is 2. The highest BCUT2D eigenvalue weighted by Crippen LogP contribution is 2.39. The van der Waals surface area contributed by atoms with Gasteiger partial charge in [-0.3, -0.25) is 14.6 Å². The molecule has 1 spiro atoms. The minimum atomic E-state index is -0.465. The maximum Gasteiger partial charge on any atom is 0.350 e. The smallest absolute Gasteiger partial charge is 0.350 e. The van der Waals surface area contributed by atoms with Gasteiger partial charge in [-0.05, 0) is 61.9 Å². The van der Waals surface area contributed by atoms with E-state index in [2.05, 4.69) is 57.8 Å². The van der Waals surface area contributed by atoms with Crippen LogP contribution in [0.5, 0.6) is 0 Å². The van der Waals surface area contributed by atoms with Gasteiger partial charge in [0.1, 0.15) is 11.4 Å². The average Bonchev–Trinajstić information content (AvgIpc) is 3.20. The van der Waals surface area contributed by atoms with Gasteiger partial charge in [0, 0.05) is 43.5 Å². The first kappa shape index (κ1) is 26.4. The van der Waals surface area contributed by atoms with Crippen molar-refractivity contribution in [2.24, 2.45) is 4.99 Å². The van der Waals surface area contributed by atoms with Crippen LogP contribution in [0.2, 0.25) is 0 Å². The number of aliphatic imine (C=N–C) groups is 1. The maximum absolute atomic E-state index is 13.5. The van der Waals surface area contributed by atoms with Gasteiger partial charge in [-0.15, -0.1) is 0 Å². The van der Waals surface area contributed by atoms with Gasteiger partial charge in [-0.25, -0.2) is 4.79 Å². The molecule has 2 aliphatic heterocycles. The zero-order valence-electron chi connectivity index (χ0n) is 22.6. The van der Waals surface area contributed by atoms with Crippen molar-refractivity contribution in [3.63, 3.8) is 0 Å². The van der Waals surface area contributed by atoms with Crippen molar-refractivity contribution in [3.05, 3.63) is 60.2 Å². The van der Waals surface area contributed by atoms with E-state index in [1.165, 1.54) is 24.8 Å². The fraction of sp³-hybridized carbons (Fsp3) is 0.516. The monoisotopic (exact) mass is 515 g/mol. The third-order valence-electron chi connectivity index (χ3n) is 8.31. The Hall–Kier alpha value is -3.19. The number of nitrogens with zero attached hydrogens (tertiary/aromatic N) is 3. The van der Waals surface area contributed by atoms with Crippen LogP contribution in [-0.2, 0) is 11.3 Å². The van der Waals surface area contributed by atoms with Gasteiger partial charge in [0.25, 0.3) is 0 Å². The highest BCUT2D eigenvalue weighted by molar-refractivity contribution is 6.16. The van der Waals surface area contributed by atoms with Crippen molar-refractivity contribution in [2.45, 2.75) is 89.3 Å². The van der Waals surface area contributed by atoms with Crippen molar-refractivity contribution < 1.29 is 9.59 Å². The van der Waals surface area contributed by atoms with Crippen LogP contribution < -0.4 is 15.5 Å². The number of amidine groups is 1. The lowest BCUT2D eigenvalue weighted by atomic mass is 9.83. The maximum atomic E-state index is 13.5. The number of likely N-dealkylation sites (tertiary alicyclic amines) is 1. The second-order valence-electron chi connectivity index (χ2n) is 11.0. The molecule has 7 heteroatoms. The van der Waals surface area contributed by atoms with E-state index in [-0.39, 0.29) is 11.9 Å². The number of carbonyl (C=O) groups is 2. The van der Waals surface area contributed by atoms with Gasteiger partial charge < -0.3 is 10.6 Å². The van der Waals surface area contributed by atoms with E-state index >= 15 is 0 Å². The van der Waals surface area contributed by atoms with Crippen LogP contribution in [0.1, 0.15) is 76.7 Å². The van der Waals surface area contributed by atoms with Crippen LogP contribution in [0, 0.1) is 0 Å². The van der Waals surface area contributed by atoms with Gasteiger partial charge in [0.05, 0.1) is 0 Å². The highest BCUT2D eigenvalue weighted by Gasteiger charge is 2.52. The summed E-state index contributed by atoms with van der Waals surface area (Å²) in [5, 5.41) is 6.72. The summed E-state index contributed by atoms with van der Waals surface area (Å²) < 4.78 is 0. The summed E-state index contributed by atoms with van der Waals surface area (Å²) in [6.07, 6.45) is 10.1. The largest absolute Gasteiger partial charge is 0.369 e. The van der Waals surface area contributed by atoms with Crippen molar-refractivity contribution in [1.29, 1.82) is 0 Å². The summed E-state index contributed by atoms with van der Waals surface area (Å²) in [6, 6.07) is 18.5. The standard InChI is InChI=1S/C31H41N5O2/c1-2-3-14-28(37)32-26-15-17-27(18-16-26)36-30(38)34-29(33-25-12-8-5-9-13-25)31(36)19-21-35(22-20-31)23-24-10-6-4-7-11-24/h4,6-7,10-11,15-18,25H,2-3,5,8-9,12-14,19-23H2,1H3,(H,32,37)(H,33,34,38).